The third kappa shape index (κ3) is 4.31. The van der Waals surface area contributed by atoms with E-state index in [-0.39, 0.29) is 30.9 Å². The molecule has 10 heteroatoms. The SMILES string of the molecule is CCOc1cc(C(=O)O)c(F)cc1C(=O)NS(=O)(=O)N1CCC(C)(C)C1. The highest BCUT2D eigenvalue weighted by Gasteiger charge is 2.37. The molecule has 1 fully saturated rings. The topological polar surface area (TPSA) is 113 Å². The van der Waals surface area contributed by atoms with Crippen LogP contribution >= 0.6 is 0 Å². The quantitative estimate of drug-likeness (QED) is 0.766. The Bertz CT molecular complexity index is 837. The van der Waals surface area contributed by atoms with Crippen molar-refractivity contribution in [2.45, 2.75) is 27.2 Å². The van der Waals surface area contributed by atoms with E-state index in [9.17, 15) is 22.4 Å². The van der Waals surface area contributed by atoms with Crippen molar-refractivity contribution in [3.05, 3.63) is 29.1 Å². The molecule has 1 aromatic carbocycles. The van der Waals surface area contributed by atoms with Gasteiger partial charge in [-0.2, -0.15) is 12.7 Å². The lowest BCUT2D eigenvalue weighted by Crippen LogP contribution is -2.43. The number of nitrogens with one attached hydrogen (secondary N) is 1. The fourth-order valence-electron chi connectivity index (χ4n) is 2.67. The second kappa shape index (κ2) is 7.20. The van der Waals surface area contributed by atoms with Gasteiger partial charge in [0.1, 0.15) is 11.6 Å². The van der Waals surface area contributed by atoms with Crippen LogP contribution in [0.2, 0.25) is 0 Å². The Kier molecular flexibility index (Phi) is 5.57. The molecule has 2 rings (SSSR count). The lowest BCUT2D eigenvalue weighted by atomic mass is 9.93. The zero-order valence-electron chi connectivity index (χ0n) is 14.7. The van der Waals surface area contributed by atoms with Gasteiger partial charge in [0.15, 0.2) is 0 Å². The lowest BCUT2D eigenvalue weighted by molar-refractivity contribution is 0.0690. The molecule has 1 amide bonds. The predicted octanol–water partition coefficient (Wildman–Crippen LogP) is 1.63. The molecule has 0 saturated carbocycles. The lowest BCUT2D eigenvalue weighted by Gasteiger charge is -2.20. The van der Waals surface area contributed by atoms with Crippen molar-refractivity contribution in [1.29, 1.82) is 0 Å². The fraction of sp³-hybridized carbons (Fsp3) is 0.500. The normalized spacial score (nSPS) is 17.1. The molecule has 0 spiro atoms. The summed E-state index contributed by atoms with van der Waals surface area (Å²) in [5, 5.41) is 8.97. The van der Waals surface area contributed by atoms with E-state index >= 15 is 0 Å². The minimum Gasteiger partial charge on any atom is -0.493 e. The Labute approximate surface area is 151 Å². The molecule has 2 N–H and O–H groups in total. The summed E-state index contributed by atoms with van der Waals surface area (Å²) < 4.78 is 47.0. The van der Waals surface area contributed by atoms with Gasteiger partial charge in [-0.15, -0.1) is 0 Å². The molecule has 1 aliphatic heterocycles. The molecule has 0 aromatic heterocycles. The van der Waals surface area contributed by atoms with Gasteiger partial charge in [-0.3, -0.25) is 4.79 Å². The molecule has 1 aliphatic rings. The first-order valence-corrected chi connectivity index (χ1v) is 9.43. The van der Waals surface area contributed by atoms with Crippen LogP contribution in [-0.4, -0.2) is 49.4 Å². The number of carbonyl (C=O) groups excluding carboxylic acids is 1. The number of aromatic carboxylic acids is 1. The van der Waals surface area contributed by atoms with Crippen LogP contribution in [0, 0.1) is 11.2 Å². The average molecular weight is 388 g/mol. The number of benzene rings is 1. The molecule has 26 heavy (non-hydrogen) atoms. The van der Waals surface area contributed by atoms with E-state index in [0.29, 0.717) is 12.5 Å². The summed E-state index contributed by atoms with van der Waals surface area (Å²) in [5.41, 5.74) is -1.27. The minimum absolute atomic E-state index is 0.0814. The summed E-state index contributed by atoms with van der Waals surface area (Å²) in [6.07, 6.45) is 0.647. The van der Waals surface area contributed by atoms with E-state index in [1.165, 1.54) is 0 Å². The van der Waals surface area contributed by atoms with E-state index in [4.69, 9.17) is 9.84 Å². The van der Waals surface area contributed by atoms with E-state index in [0.717, 1.165) is 10.4 Å². The van der Waals surface area contributed by atoms with Crippen molar-refractivity contribution in [3.63, 3.8) is 0 Å². The molecule has 0 radical (unpaired) electrons. The van der Waals surface area contributed by atoms with Gasteiger partial charge in [0.2, 0.25) is 0 Å². The van der Waals surface area contributed by atoms with Crippen LogP contribution in [0.5, 0.6) is 5.75 Å². The predicted molar refractivity (Wildman–Crippen MR) is 90.9 cm³/mol. The molecule has 0 aliphatic carbocycles. The number of hydrogen-bond donors (Lipinski definition) is 2. The third-order valence-corrected chi connectivity index (χ3v) is 5.48. The van der Waals surface area contributed by atoms with Crippen LogP contribution in [0.3, 0.4) is 0 Å². The number of halogens is 1. The van der Waals surface area contributed by atoms with Gasteiger partial charge in [0.25, 0.3) is 5.91 Å². The molecule has 1 heterocycles. The van der Waals surface area contributed by atoms with Crippen molar-refractivity contribution in [2.75, 3.05) is 19.7 Å². The van der Waals surface area contributed by atoms with Crippen LogP contribution in [0.4, 0.5) is 4.39 Å². The van der Waals surface area contributed by atoms with Gasteiger partial charge in [-0.25, -0.2) is 13.9 Å². The zero-order chi connectivity index (χ0) is 19.7. The van der Waals surface area contributed by atoms with Gasteiger partial charge in [-0.05, 0) is 30.9 Å². The number of amides is 1. The molecule has 0 unspecified atom stereocenters. The molecule has 0 bridgehead atoms. The van der Waals surface area contributed by atoms with Crippen molar-refractivity contribution < 1.29 is 32.2 Å². The molecule has 0 atom stereocenters. The van der Waals surface area contributed by atoms with E-state index in [2.05, 4.69) is 0 Å². The van der Waals surface area contributed by atoms with E-state index < -0.39 is 39.0 Å². The van der Waals surface area contributed by atoms with Gasteiger partial charge < -0.3 is 9.84 Å². The second-order valence-electron chi connectivity index (χ2n) is 6.75. The van der Waals surface area contributed by atoms with Crippen LogP contribution in [0.15, 0.2) is 12.1 Å². The number of ether oxygens (including phenoxy) is 1. The first kappa shape index (κ1) is 20.1. The molecule has 8 nitrogen and oxygen atoms in total. The maximum absolute atomic E-state index is 13.9. The maximum atomic E-state index is 13.9. The maximum Gasteiger partial charge on any atom is 0.338 e. The Hall–Kier alpha value is -2.20. The smallest absolute Gasteiger partial charge is 0.338 e. The summed E-state index contributed by atoms with van der Waals surface area (Å²) in [5.74, 6) is -3.98. The Morgan fingerprint density at radius 1 is 1.35 bits per heavy atom. The van der Waals surface area contributed by atoms with Crippen molar-refractivity contribution >= 4 is 22.1 Å². The highest BCUT2D eigenvalue weighted by Crippen LogP contribution is 2.30. The molecule has 1 saturated heterocycles. The van der Waals surface area contributed by atoms with E-state index in [1.807, 2.05) is 18.6 Å². The Balaban J connectivity index is 2.31. The highest BCUT2D eigenvalue weighted by molar-refractivity contribution is 7.87. The summed E-state index contributed by atoms with van der Waals surface area (Å²) in [7, 11) is -4.11. The summed E-state index contributed by atoms with van der Waals surface area (Å²) in [6.45, 7) is 6.02. The number of carboxylic acid groups (broad SMARTS) is 1. The monoisotopic (exact) mass is 388 g/mol. The molecule has 1 aromatic rings. The molecular weight excluding hydrogens is 367 g/mol. The Morgan fingerprint density at radius 2 is 2.00 bits per heavy atom. The summed E-state index contributed by atoms with van der Waals surface area (Å²) >= 11 is 0. The van der Waals surface area contributed by atoms with Crippen molar-refractivity contribution in [1.82, 2.24) is 9.03 Å². The summed E-state index contributed by atoms with van der Waals surface area (Å²) in [6, 6.07) is 1.52. The largest absolute Gasteiger partial charge is 0.493 e. The number of rotatable bonds is 6. The average Bonchev–Trinajstić information content (AvgIpc) is 2.89. The second-order valence-corrected chi connectivity index (χ2v) is 8.42. The third-order valence-electron chi connectivity index (χ3n) is 4.05. The van der Waals surface area contributed by atoms with E-state index in [1.54, 1.807) is 6.92 Å². The van der Waals surface area contributed by atoms with Crippen molar-refractivity contribution in [2.24, 2.45) is 5.41 Å². The number of hydrogen-bond acceptors (Lipinski definition) is 5. The zero-order valence-corrected chi connectivity index (χ0v) is 15.5. The van der Waals surface area contributed by atoms with Crippen molar-refractivity contribution in [3.8, 4) is 5.75 Å². The minimum atomic E-state index is -4.11. The van der Waals surface area contributed by atoms with Crippen LogP contribution in [0.1, 0.15) is 47.9 Å². The van der Waals surface area contributed by atoms with Gasteiger partial charge >= 0.3 is 16.2 Å². The van der Waals surface area contributed by atoms with Gasteiger partial charge in [0.05, 0.1) is 17.7 Å². The number of nitrogens with zero attached hydrogens (tertiary/aromatic N) is 1. The van der Waals surface area contributed by atoms with Gasteiger partial charge in [0, 0.05) is 13.1 Å². The summed E-state index contributed by atoms with van der Waals surface area (Å²) in [4.78, 5) is 23.4. The number of carbonyl (C=O) groups is 2. The first-order chi connectivity index (χ1) is 12.0. The van der Waals surface area contributed by atoms with Gasteiger partial charge in [-0.1, -0.05) is 13.8 Å². The molecular formula is C16H21FN2O6S. The van der Waals surface area contributed by atoms with Crippen LogP contribution in [-0.2, 0) is 10.2 Å². The first-order valence-electron chi connectivity index (χ1n) is 7.99. The molecule has 144 valence electrons. The fourth-order valence-corrected chi connectivity index (χ4v) is 4.00. The highest BCUT2D eigenvalue weighted by atomic mass is 32.2. The standard InChI is InChI=1S/C16H21FN2O6S/c1-4-25-13-8-10(15(21)22)12(17)7-11(13)14(20)18-26(23,24)19-6-5-16(2,3)9-19/h7-8H,4-6,9H2,1-3H3,(H,18,20)(H,21,22). The number of carboxylic acids is 1. The Morgan fingerprint density at radius 3 is 2.50 bits per heavy atom. The van der Waals surface area contributed by atoms with Crippen LogP contribution in [0.25, 0.3) is 0 Å². The van der Waals surface area contributed by atoms with Crippen LogP contribution < -0.4 is 9.46 Å².